The highest BCUT2D eigenvalue weighted by Crippen LogP contribution is 2.37. The summed E-state index contributed by atoms with van der Waals surface area (Å²) in [4.78, 5) is 1.89. The summed E-state index contributed by atoms with van der Waals surface area (Å²) in [6, 6.07) is 16.8. The lowest BCUT2D eigenvalue weighted by atomic mass is 10.1. The molecule has 3 aromatic carbocycles. The number of nitrogens with zero attached hydrogens (tertiary/aromatic N) is 1. The predicted octanol–water partition coefficient (Wildman–Crippen LogP) is 5.63. The first-order valence-corrected chi connectivity index (χ1v) is 7.24. The Balaban J connectivity index is 1.95. The van der Waals surface area contributed by atoms with E-state index in [9.17, 15) is 8.78 Å². The number of fused-ring (bicyclic) bond motifs is 3. The topological polar surface area (TPSA) is 16.4 Å². The van der Waals surface area contributed by atoms with Gasteiger partial charge in [0.2, 0.25) is 0 Å². The Morgan fingerprint density at radius 1 is 0.783 bits per heavy atom. The largest absolute Gasteiger partial charge is 0.451 e. The second-order valence-electron chi connectivity index (χ2n) is 5.41. The van der Waals surface area contributed by atoms with Crippen molar-refractivity contribution in [2.75, 3.05) is 11.9 Å². The van der Waals surface area contributed by atoms with Gasteiger partial charge in [-0.1, -0.05) is 24.3 Å². The van der Waals surface area contributed by atoms with Crippen molar-refractivity contribution in [3.8, 4) is 0 Å². The molecule has 0 N–H and O–H groups in total. The lowest BCUT2D eigenvalue weighted by Gasteiger charge is -2.19. The summed E-state index contributed by atoms with van der Waals surface area (Å²) < 4.78 is 32.9. The number of hydrogen-bond acceptors (Lipinski definition) is 2. The van der Waals surface area contributed by atoms with E-state index < -0.39 is 0 Å². The highest BCUT2D eigenvalue weighted by Gasteiger charge is 2.16. The van der Waals surface area contributed by atoms with Crippen molar-refractivity contribution < 1.29 is 13.2 Å². The van der Waals surface area contributed by atoms with E-state index in [1.54, 1.807) is 18.2 Å². The first kappa shape index (κ1) is 13.8. The molecule has 0 atom stereocenters. The Hall–Kier alpha value is -2.88. The normalized spacial score (nSPS) is 11.3. The number of anilines is 2. The number of halogens is 2. The maximum atomic E-state index is 14.0. The molecule has 4 rings (SSSR count). The summed E-state index contributed by atoms with van der Waals surface area (Å²) in [7, 11) is 1.87. The average Bonchev–Trinajstić information content (AvgIpc) is 2.95. The van der Waals surface area contributed by atoms with E-state index in [2.05, 4.69) is 0 Å². The maximum absolute atomic E-state index is 14.0. The van der Waals surface area contributed by atoms with Crippen molar-refractivity contribution in [3.05, 3.63) is 72.3 Å². The molecule has 0 aliphatic heterocycles. The number of furan rings is 1. The van der Waals surface area contributed by atoms with E-state index in [1.807, 2.05) is 36.2 Å². The number of rotatable bonds is 2. The van der Waals surface area contributed by atoms with Gasteiger partial charge in [0.25, 0.3) is 0 Å². The van der Waals surface area contributed by atoms with Crippen molar-refractivity contribution in [1.82, 2.24) is 0 Å². The lowest BCUT2D eigenvalue weighted by molar-refractivity contribution is 0.584. The molecule has 114 valence electrons. The van der Waals surface area contributed by atoms with Gasteiger partial charge in [0.15, 0.2) is 17.0 Å². The van der Waals surface area contributed by atoms with Gasteiger partial charge in [-0.15, -0.1) is 0 Å². The molecule has 0 unspecified atom stereocenters. The van der Waals surface area contributed by atoms with Crippen molar-refractivity contribution in [3.63, 3.8) is 0 Å². The zero-order chi connectivity index (χ0) is 16.0. The minimum absolute atomic E-state index is 0.252. The second-order valence-corrected chi connectivity index (χ2v) is 5.41. The van der Waals surface area contributed by atoms with Crippen LogP contribution in [0.5, 0.6) is 0 Å². The molecule has 0 spiro atoms. The molecule has 4 heteroatoms. The molecule has 0 bridgehead atoms. The molecule has 1 heterocycles. The Kier molecular flexibility index (Phi) is 3.05. The molecule has 0 aliphatic carbocycles. The number of para-hydroxylation sites is 2. The highest BCUT2D eigenvalue weighted by molar-refractivity contribution is 6.09. The van der Waals surface area contributed by atoms with E-state index >= 15 is 0 Å². The third-order valence-corrected chi connectivity index (χ3v) is 4.03. The number of benzene rings is 3. The maximum Gasteiger partial charge on any atom is 0.171 e. The third kappa shape index (κ3) is 2.14. The van der Waals surface area contributed by atoms with Crippen LogP contribution in [-0.4, -0.2) is 7.05 Å². The summed E-state index contributed by atoms with van der Waals surface area (Å²) in [6.45, 7) is 0. The fraction of sp³-hybridized carbons (Fsp3) is 0.0526. The molecular formula is C19H13F2NO. The van der Waals surface area contributed by atoms with Crippen LogP contribution in [0.25, 0.3) is 21.9 Å². The van der Waals surface area contributed by atoms with Crippen LogP contribution in [0.2, 0.25) is 0 Å². The van der Waals surface area contributed by atoms with Gasteiger partial charge >= 0.3 is 0 Å². The fourth-order valence-corrected chi connectivity index (χ4v) is 2.84. The van der Waals surface area contributed by atoms with Gasteiger partial charge in [-0.3, -0.25) is 0 Å². The smallest absolute Gasteiger partial charge is 0.171 e. The minimum atomic E-state index is -0.380. The predicted molar refractivity (Wildman–Crippen MR) is 88.1 cm³/mol. The molecule has 2 nitrogen and oxygen atoms in total. The van der Waals surface area contributed by atoms with Crippen molar-refractivity contribution in [1.29, 1.82) is 0 Å². The molecule has 23 heavy (non-hydrogen) atoms. The minimum Gasteiger partial charge on any atom is -0.451 e. The quantitative estimate of drug-likeness (QED) is 0.477. The molecule has 0 radical (unpaired) electrons. The zero-order valence-corrected chi connectivity index (χ0v) is 12.4. The molecule has 4 aromatic rings. The third-order valence-electron chi connectivity index (χ3n) is 4.03. The fourth-order valence-electron chi connectivity index (χ4n) is 2.84. The lowest BCUT2D eigenvalue weighted by Crippen LogP contribution is -2.09. The molecular weight excluding hydrogens is 296 g/mol. The molecule has 0 saturated carbocycles. The first-order valence-electron chi connectivity index (χ1n) is 7.24. The first-order chi connectivity index (χ1) is 11.1. The zero-order valence-electron chi connectivity index (χ0n) is 12.4. The Morgan fingerprint density at radius 3 is 2.17 bits per heavy atom. The van der Waals surface area contributed by atoms with Crippen LogP contribution in [0.1, 0.15) is 0 Å². The van der Waals surface area contributed by atoms with Crippen LogP contribution in [-0.2, 0) is 0 Å². The van der Waals surface area contributed by atoms with Gasteiger partial charge in [0.1, 0.15) is 5.82 Å². The van der Waals surface area contributed by atoms with E-state index in [-0.39, 0.29) is 17.2 Å². The van der Waals surface area contributed by atoms with Crippen molar-refractivity contribution in [2.45, 2.75) is 0 Å². The van der Waals surface area contributed by atoms with Gasteiger partial charge in [0.05, 0.1) is 5.69 Å². The van der Waals surface area contributed by atoms with Crippen LogP contribution in [0, 0.1) is 11.6 Å². The average molecular weight is 309 g/mol. The summed E-state index contributed by atoms with van der Waals surface area (Å²) in [5.41, 5.74) is 2.48. The molecule has 0 fully saturated rings. The molecule has 0 aliphatic rings. The molecule has 0 saturated heterocycles. The Morgan fingerprint density at radius 2 is 1.43 bits per heavy atom. The van der Waals surface area contributed by atoms with Crippen LogP contribution in [0.3, 0.4) is 0 Å². The summed E-state index contributed by atoms with van der Waals surface area (Å²) in [6.07, 6.45) is 0. The van der Waals surface area contributed by atoms with E-state index in [4.69, 9.17) is 4.42 Å². The van der Waals surface area contributed by atoms with E-state index in [0.717, 1.165) is 22.1 Å². The second kappa shape index (κ2) is 5.09. The Bertz CT molecular complexity index is 1010. The van der Waals surface area contributed by atoms with Crippen LogP contribution in [0.4, 0.5) is 20.2 Å². The van der Waals surface area contributed by atoms with Gasteiger partial charge in [-0.05, 0) is 36.4 Å². The van der Waals surface area contributed by atoms with E-state index in [1.165, 1.54) is 18.2 Å². The molecule has 1 aromatic heterocycles. The summed E-state index contributed by atoms with van der Waals surface area (Å²) >= 11 is 0. The van der Waals surface area contributed by atoms with Crippen LogP contribution >= 0.6 is 0 Å². The molecule has 0 amide bonds. The van der Waals surface area contributed by atoms with Gasteiger partial charge in [-0.25, -0.2) is 8.78 Å². The summed E-state index contributed by atoms with van der Waals surface area (Å²) in [5, 5.41) is 1.60. The van der Waals surface area contributed by atoms with E-state index in [0.29, 0.717) is 5.58 Å². The van der Waals surface area contributed by atoms with Crippen LogP contribution < -0.4 is 4.90 Å². The Labute approximate surface area is 131 Å². The monoisotopic (exact) mass is 309 g/mol. The van der Waals surface area contributed by atoms with Gasteiger partial charge in [-0.2, -0.15) is 0 Å². The van der Waals surface area contributed by atoms with Crippen LogP contribution in [0.15, 0.2) is 65.1 Å². The summed E-state index contributed by atoms with van der Waals surface area (Å²) in [5.74, 6) is -0.666. The van der Waals surface area contributed by atoms with Crippen molar-refractivity contribution >= 4 is 33.3 Å². The SMILES string of the molecule is CN(c1ccc(F)cc1)c1cccc2c1oc1c(F)cccc12. The van der Waals surface area contributed by atoms with Gasteiger partial charge < -0.3 is 9.32 Å². The number of hydrogen-bond donors (Lipinski definition) is 0. The standard InChI is InChI=1S/C19H13F2NO/c1-22(13-10-8-12(20)9-11-13)17-7-3-5-15-14-4-2-6-16(21)18(14)23-19(15)17/h2-11H,1H3. The van der Waals surface area contributed by atoms with Crippen molar-refractivity contribution in [2.24, 2.45) is 0 Å². The highest BCUT2D eigenvalue weighted by atomic mass is 19.1. The van der Waals surface area contributed by atoms with Gasteiger partial charge in [0, 0.05) is 23.5 Å².